The first-order valence-electron chi connectivity index (χ1n) is 8.83. The highest BCUT2D eigenvalue weighted by Gasteiger charge is 2.46. The number of hydrogen-bond donors (Lipinski definition) is 2. The summed E-state index contributed by atoms with van der Waals surface area (Å²) in [5.74, 6) is 2.51. The molecule has 2 N–H and O–H groups in total. The summed E-state index contributed by atoms with van der Waals surface area (Å²) < 4.78 is 0. The lowest BCUT2D eigenvalue weighted by Crippen LogP contribution is -2.48. The molecule has 0 aliphatic heterocycles. The highest BCUT2D eigenvalue weighted by Crippen LogP contribution is 2.47. The summed E-state index contributed by atoms with van der Waals surface area (Å²) in [6.07, 6.45) is 6.45. The van der Waals surface area contributed by atoms with Crippen LogP contribution in [0.5, 0.6) is 0 Å². The Kier molecular flexibility index (Phi) is 5.53. The molecule has 0 amide bonds. The summed E-state index contributed by atoms with van der Waals surface area (Å²) >= 11 is 0. The van der Waals surface area contributed by atoms with Crippen molar-refractivity contribution < 1.29 is 10.2 Å². The molecule has 2 aliphatic carbocycles. The molecule has 2 saturated carbocycles. The van der Waals surface area contributed by atoms with E-state index in [1.54, 1.807) is 0 Å². The molecule has 0 bridgehead atoms. The van der Waals surface area contributed by atoms with Gasteiger partial charge in [-0.3, -0.25) is 0 Å². The standard InChI is InChI=1S/C18H34O2/c1-5-12(4)15-8-6-7-13-9-10-14(11(2)3)17(19)16(13)18(15)20/h11-20H,5-10H2,1-4H3/t12?,13?,14-,15-,16?,17?,18?/m1/s1. The van der Waals surface area contributed by atoms with Crippen LogP contribution < -0.4 is 0 Å². The topological polar surface area (TPSA) is 40.5 Å². The second-order valence-electron chi connectivity index (χ2n) is 7.78. The van der Waals surface area contributed by atoms with Gasteiger partial charge >= 0.3 is 0 Å². The second-order valence-corrected chi connectivity index (χ2v) is 7.78. The largest absolute Gasteiger partial charge is 0.392 e. The lowest BCUT2D eigenvalue weighted by atomic mass is 9.64. The van der Waals surface area contributed by atoms with Gasteiger partial charge in [0.05, 0.1) is 12.2 Å². The molecule has 0 heterocycles. The lowest BCUT2D eigenvalue weighted by Gasteiger charge is -2.45. The van der Waals surface area contributed by atoms with Crippen molar-refractivity contribution in [2.75, 3.05) is 0 Å². The van der Waals surface area contributed by atoms with Crippen LogP contribution in [0.4, 0.5) is 0 Å². The number of fused-ring (bicyclic) bond motifs is 1. The fourth-order valence-electron chi connectivity index (χ4n) is 4.88. The van der Waals surface area contributed by atoms with Gasteiger partial charge in [0, 0.05) is 5.92 Å². The summed E-state index contributed by atoms with van der Waals surface area (Å²) in [5, 5.41) is 21.8. The van der Waals surface area contributed by atoms with E-state index in [1.807, 2.05) is 0 Å². The van der Waals surface area contributed by atoms with E-state index in [9.17, 15) is 10.2 Å². The average molecular weight is 282 g/mol. The molecule has 0 aromatic carbocycles. The summed E-state index contributed by atoms with van der Waals surface area (Å²) in [4.78, 5) is 0. The van der Waals surface area contributed by atoms with E-state index in [2.05, 4.69) is 27.7 Å². The predicted molar refractivity (Wildman–Crippen MR) is 83.4 cm³/mol. The average Bonchev–Trinajstić information content (AvgIpc) is 2.57. The first kappa shape index (κ1) is 16.3. The quantitative estimate of drug-likeness (QED) is 0.825. The maximum atomic E-state index is 11.0. The third-order valence-electron chi connectivity index (χ3n) is 6.42. The van der Waals surface area contributed by atoms with Crippen molar-refractivity contribution in [2.24, 2.45) is 35.5 Å². The Morgan fingerprint density at radius 3 is 2.15 bits per heavy atom. The van der Waals surface area contributed by atoms with Gasteiger partial charge in [-0.2, -0.15) is 0 Å². The Bertz CT molecular complexity index is 302. The van der Waals surface area contributed by atoms with Crippen molar-refractivity contribution in [3.8, 4) is 0 Å². The molecule has 2 nitrogen and oxygen atoms in total. The minimum atomic E-state index is -0.298. The molecule has 2 heteroatoms. The van der Waals surface area contributed by atoms with Crippen molar-refractivity contribution in [3.63, 3.8) is 0 Å². The molecule has 0 aromatic rings. The molecule has 0 saturated heterocycles. The van der Waals surface area contributed by atoms with Gasteiger partial charge in [0.15, 0.2) is 0 Å². The molecule has 2 aliphatic rings. The van der Waals surface area contributed by atoms with Crippen LogP contribution in [0.3, 0.4) is 0 Å². The first-order chi connectivity index (χ1) is 9.47. The van der Waals surface area contributed by atoms with Crippen LogP contribution in [0, 0.1) is 35.5 Å². The van der Waals surface area contributed by atoms with Crippen LogP contribution in [0.15, 0.2) is 0 Å². The van der Waals surface area contributed by atoms with Crippen LogP contribution in [-0.4, -0.2) is 22.4 Å². The van der Waals surface area contributed by atoms with E-state index < -0.39 is 0 Å². The van der Waals surface area contributed by atoms with Crippen molar-refractivity contribution in [3.05, 3.63) is 0 Å². The summed E-state index contributed by atoms with van der Waals surface area (Å²) in [5.41, 5.74) is 0. The summed E-state index contributed by atoms with van der Waals surface area (Å²) in [7, 11) is 0. The molecular weight excluding hydrogens is 248 g/mol. The number of rotatable bonds is 3. The van der Waals surface area contributed by atoms with Gasteiger partial charge in [-0.15, -0.1) is 0 Å². The van der Waals surface area contributed by atoms with E-state index in [-0.39, 0.29) is 18.1 Å². The smallest absolute Gasteiger partial charge is 0.0626 e. The van der Waals surface area contributed by atoms with Crippen LogP contribution >= 0.6 is 0 Å². The predicted octanol–water partition coefficient (Wildman–Crippen LogP) is 3.85. The SMILES string of the molecule is CCC(C)[C@H]1CCCC2CC[C@H](C(C)C)C(O)C2C1O. The molecule has 7 atom stereocenters. The van der Waals surface area contributed by atoms with E-state index in [1.165, 1.54) is 19.3 Å². The maximum absolute atomic E-state index is 11.0. The highest BCUT2D eigenvalue weighted by atomic mass is 16.3. The summed E-state index contributed by atoms with van der Waals surface area (Å²) in [6, 6.07) is 0. The number of aliphatic hydroxyl groups is 2. The van der Waals surface area contributed by atoms with Crippen LogP contribution in [0.1, 0.15) is 66.2 Å². The van der Waals surface area contributed by atoms with Gasteiger partial charge in [0.2, 0.25) is 0 Å². The third kappa shape index (κ3) is 3.06. The van der Waals surface area contributed by atoms with E-state index in [0.29, 0.717) is 29.6 Å². The van der Waals surface area contributed by atoms with Crippen LogP contribution in [0.2, 0.25) is 0 Å². The van der Waals surface area contributed by atoms with Crippen LogP contribution in [0.25, 0.3) is 0 Å². The molecule has 5 unspecified atom stereocenters. The second kappa shape index (κ2) is 6.79. The Balaban J connectivity index is 2.19. The Morgan fingerprint density at radius 1 is 0.900 bits per heavy atom. The zero-order chi connectivity index (χ0) is 14.9. The maximum Gasteiger partial charge on any atom is 0.0626 e. The number of aliphatic hydroxyl groups excluding tert-OH is 2. The van der Waals surface area contributed by atoms with Gasteiger partial charge in [-0.05, 0) is 55.3 Å². The van der Waals surface area contributed by atoms with Gasteiger partial charge in [0.25, 0.3) is 0 Å². The lowest BCUT2D eigenvalue weighted by molar-refractivity contribution is -0.102. The van der Waals surface area contributed by atoms with Gasteiger partial charge in [0.1, 0.15) is 0 Å². The zero-order valence-electron chi connectivity index (χ0n) is 13.8. The molecule has 118 valence electrons. The highest BCUT2D eigenvalue weighted by molar-refractivity contribution is 4.96. The van der Waals surface area contributed by atoms with Crippen LogP contribution in [-0.2, 0) is 0 Å². The summed E-state index contributed by atoms with van der Waals surface area (Å²) in [6.45, 7) is 8.91. The Labute approximate surface area is 125 Å². The Morgan fingerprint density at radius 2 is 1.55 bits per heavy atom. The monoisotopic (exact) mass is 282 g/mol. The third-order valence-corrected chi connectivity index (χ3v) is 6.42. The van der Waals surface area contributed by atoms with Gasteiger partial charge in [-0.1, -0.05) is 40.5 Å². The zero-order valence-corrected chi connectivity index (χ0v) is 13.8. The number of hydrogen-bond acceptors (Lipinski definition) is 2. The fourth-order valence-corrected chi connectivity index (χ4v) is 4.88. The molecule has 20 heavy (non-hydrogen) atoms. The van der Waals surface area contributed by atoms with Crippen molar-refractivity contribution in [1.29, 1.82) is 0 Å². The van der Waals surface area contributed by atoms with Crippen molar-refractivity contribution in [1.82, 2.24) is 0 Å². The molecule has 2 fully saturated rings. The minimum Gasteiger partial charge on any atom is -0.392 e. The first-order valence-corrected chi connectivity index (χ1v) is 8.83. The van der Waals surface area contributed by atoms with E-state index >= 15 is 0 Å². The van der Waals surface area contributed by atoms with E-state index in [4.69, 9.17) is 0 Å². The van der Waals surface area contributed by atoms with Gasteiger partial charge in [-0.25, -0.2) is 0 Å². The Hall–Kier alpha value is -0.0800. The molecule has 0 spiro atoms. The fraction of sp³-hybridized carbons (Fsp3) is 1.00. The van der Waals surface area contributed by atoms with Gasteiger partial charge < -0.3 is 10.2 Å². The molecule has 2 rings (SSSR count). The molecule has 0 aromatic heterocycles. The normalized spacial score (nSPS) is 44.0. The van der Waals surface area contributed by atoms with Crippen molar-refractivity contribution in [2.45, 2.75) is 78.4 Å². The minimum absolute atomic E-state index is 0.123. The van der Waals surface area contributed by atoms with E-state index in [0.717, 1.165) is 19.3 Å². The van der Waals surface area contributed by atoms with Crippen molar-refractivity contribution >= 4 is 0 Å². The molecular formula is C18H34O2. The molecule has 0 radical (unpaired) electrons.